The molecule has 0 radical (unpaired) electrons. The molecule has 0 amide bonds. The van der Waals surface area contributed by atoms with E-state index in [1.54, 1.807) is 18.3 Å². The third-order valence-electron chi connectivity index (χ3n) is 2.51. The molecule has 0 bridgehead atoms. The fourth-order valence-electron chi connectivity index (χ4n) is 1.57. The van der Waals surface area contributed by atoms with Crippen molar-refractivity contribution < 1.29 is 13.2 Å². The molecule has 0 aliphatic rings. The first-order chi connectivity index (χ1) is 8.97. The Morgan fingerprint density at radius 2 is 2.00 bits per heavy atom. The highest BCUT2D eigenvalue weighted by molar-refractivity contribution is 6.33. The summed E-state index contributed by atoms with van der Waals surface area (Å²) in [5.41, 5.74) is 0.504. The van der Waals surface area contributed by atoms with E-state index in [-0.39, 0.29) is 6.54 Å². The molecule has 0 atom stereocenters. The minimum Gasteiger partial charge on any atom is -0.380 e. The average molecular weight is 287 g/mol. The van der Waals surface area contributed by atoms with E-state index < -0.39 is 11.7 Å². The predicted molar refractivity (Wildman–Crippen MR) is 68.0 cm³/mol. The quantitative estimate of drug-likeness (QED) is 0.906. The molecule has 0 aliphatic carbocycles. The lowest BCUT2D eigenvalue weighted by molar-refractivity contribution is -0.137. The van der Waals surface area contributed by atoms with Gasteiger partial charge in [0.2, 0.25) is 0 Å². The number of nitrogens with one attached hydrogen (secondary N) is 1. The van der Waals surface area contributed by atoms with Crippen LogP contribution in [0, 0.1) is 0 Å². The fraction of sp³-hybridized carbons (Fsp3) is 0.154. The van der Waals surface area contributed by atoms with E-state index in [0.717, 1.165) is 12.1 Å². The van der Waals surface area contributed by atoms with Crippen LogP contribution in [-0.4, -0.2) is 4.98 Å². The summed E-state index contributed by atoms with van der Waals surface area (Å²) < 4.78 is 37.6. The van der Waals surface area contributed by atoms with Crippen molar-refractivity contribution in [3.05, 3.63) is 58.9 Å². The summed E-state index contributed by atoms with van der Waals surface area (Å²) in [7, 11) is 0. The molecule has 2 nitrogen and oxygen atoms in total. The van der Waals surface area contributed by atoms with Crippen molar-refractivity contribution in [2.45, 2.75) is 12.7 Å². The molecule has 2 aromatic rings. The minimum absolute atomic E-state index is 0.258. The summed E-state index contributed by atoms with van der Waals surface area (Å²) in [5.74, 6) is 0. The molecule has 0 spiro atoms. The Morgan fingerprint density at radius 3 is 2.68 bits per heavy atom. The fourth-order valence-corrected chi connectivity index (χ4v) is 1.76. The summed E-state index contributed by atoms with van der Waals surface area (Å²) >= 11 is 5.89. The van der Waals surface area contributed by atoms with E-state index in [1.807, 2.05) is 0 Å². The van der Waals surface area contributed by atoms with Crippen LogP contribution >= 0.6 is 11.6 Å². The van der Waals surface area contributed by atoms with E-state index in [2.05, 4.69) is 10.3 Å². The first kappa shape index (κ1) is 13.7. The van der Waals surface area contributed by atoms with Gasteiger partial charge in [0.15, 0.2) is 0 Å². The number of rotatable bonds is 3. The molecule has 1 N–H and O–H groups in total. The average Bonchev–Trinajstić information content (AvgIpc) is 2.37. The van der Waals surface area contributed by atoms with Gasteiger partial charge in [0.1, 0.15) is 0 Å². The van der Waals surface area contributed by atoms with Crippen LogP contribution in [0.25, 0.3) is 0 Å². The van der Waals surface area contributed by atoms with Gasteiger partial charge in [-0.15, -0.1) is 0 Å². The van der Waals surface area contributed by atoms with Gasteiger partial charge in [0.25, 0.3) is 0 Å². The molecule has 1 aromatic carbocycles. The molecule has 6 heteroatoms. The van der Waals surface area contributed by atoms with Crippen molar-refractivity contribution >= 4 is 17.3 Å². The van der Waals surface area contributed by atoms with Gasteiger partial charge in [-0.1, -0.05) is 23.7 Å². The summed E-state index contributed by atoms with van der Waals surface area (Å²) in [6, 6.07) is 6.83. The molecule has 0 fully saturated rings. The van der Waals surface area contributed by atoms with Crippen LogP contribution in [0.1, 0.15) is 11.1 Å². The van der Waals surface area contributed by atoms with Crippen molar-refractivity contribution in [2.24, 2.45) is 0 Å². The first-order valence-corrected chi connectivity index (χ1v) is 5.84. The van der Waals surface area contributed by atoms with Crippen molar-refractivity contribution in [1.82, 2.24) is 4.98 Å². The van der Waals surface area contributed by atoms with Gasteiger partial charge >= 0.3 is 6.18 Å². The van der Waals surface area contributed by atoms with Crippen LogP contribution in [0.3, 0.4) is 0 Å². The molecule has 100 valence electrons. The van der Waals surface area contributed by atoms with Crippen molar-refractivity contribution in [1.29, 1.82) is 0 Å². The molecule has 0 unspecified atom stereocenters. The predicted octanol–water partition coefficient (Wildman–Crippen LogP) is 4.37. The van der Waals surface area contributed by atoms with Gasteiger partial charge in [0, 0.05) is 18.9 Å². The molecular weight excluding hydrogens is 277 g/mol. The highest BCUT2D eigenvalue weighted by Gasteiger charge is 2.30. The molecule has 0 saturated heterocycles. The number of alkyl halides is 3. The lowest BCUT2D eigenvalue weighted by atomic mass is 10.1. The second-order valence-electron chi connectivity index (χ2n) is 3.91. The number of anilines is 1. The van der Waals surface area contributed by atoms with Crippen LogP contribution < -0.4 is 5.32 Å². The zero-order valence-electron chi connectivity index (χ0n) is 9.71. The van der Waals surface area contributed by atoms with Crippen molar-refractivity contribution in [3.63, 3.8) is 0 Å². The molecule has 0 aliphatic heterocycles. The van der Waals surface area contributed by atoms with Crippen LogP contribution in [0.15, 0.2) is 42.7 Å². The summed E-state index contributed by atoms with van der Waals surface area (Å²) in [6.07, 6.45) is -1.30. The normalized spacial score (nSPS) is 11.4. The number of hydrogen-bond donors (Lipinski definition) is 1. The third kappa shape index (κ3) is 3.61. The molecule has 1 aromatic heterocycles. The van der Waals surface area contributed by atoms with E-state index in [9.17, 15) is 13.2 Å². The Balaban J connectivity index is 2.10. The van der Waals surface area contributed by atoms with Crippen molar-refractivity contribution in [3.8, 4) is 0 Å². The number of hydrogen-bond acceptors (Lipinski definition) is 2. The van der Waals surface area contributed by atoms with Crippen molar-refractivity contribution in [2.75, 3.05) is 5.32 Å². The maximum Gasteiger partial charge on any atom is 0.416 e. The Morgan fingerprint density at radius 1 is 1.21 bits per heavy atom. The molecule has 1 heterocycles. The molecule has 19 heavy (non-hydrogen) atoms. The number of halogens is 4. The molecule has 0 saturated carbocycles. The van der Waals surface area contributed by atoms with Gasteiger partial charge in [-0.05, 0) is 23.8 Å². The Hall–Kier alpha value is -1.75. The van der Waals surface area contributed by atoms with Gasteiger partial charge in [-0.3, -0.25) is 4.98 Å². The second kappa shape index (κ2) is 5.48. The highest BCUT2D eigenvalue weighted by atomic mass is 35.5. The van der Waals surface area contributed by atoms with Crippen LogP contribution in [0.2, 0.25) is 5.02 Å². The Bertz CT molecular complexity index is 570. The summed E-state index contributed by atoms with van der Waals surface area (Å²) in [5, 5.41) is 3.39. The zero-order valence-corrected chi connectivity index (χ0v) is 10.5. The maximum absolute atomic E-state index is 12.5. The maximum atomic E-state index is 12.5. The monoisotopic (exact) mass is 286 g/mol. The molecule has 2 rings (SSSR count). The van der Waals surface area contributed by atoms with Gasteiger partial charge in [0.05, 0.1) is 16.3 Å². The standard InChI is InChI=1S/C13H10ClF3N2/c14-11-8-18-5-4-12(11)19-7-9-2-1-3-10(6-9)13(15,16)17/h1-6,8H,7H2,(H,18,19). The SMILES string of the molecule is FC(F)(F)c1cccc(CNc2ccncc2Cl)c1. The van der Waals surface area contributed by atoms with E-state index in [0.29, 0.717) is 16.3 Å². The number of pyridine rings is 1. The highest BCUT2D eigenvalue weighted by Crippen LogP contribution is 2.29. The summed E-state index contributed by atoms with van der Waals surface area (Å²) in [6.45, 7) is 0.258. The first-order valence-electron chi connectivity index (χ1n) is 5.46. The van der Waals surface area contributed by atoms with Gasteiger partial charge < -0.3 is 5.32 Å². The number of nitrogens with zero attached hydrogens (tertiary/aromatic N) is 1. The number of aromatic nitrogens is 1. The molecular formula is C13H10ClF3N2. The minimum atomic E-state index is -4.33. The van der Waals surface area contributed by atoms with Crippen LogP contribution in [0.4, 0.5) is 18.9 Å². The van der Waals surface area contributed by atoms with Gasteiger partial charge in [-0.2, -0.15) is 13.2 Å². The number of benzene rings is 1. The van der Waals surface area contributed by atoms with E-state index in [1.165, 1.54) is 12.3 Å². The largest absolute Gasteiger partial charge is 0.416 e. The third-order valence-corrected chi connectivity index (χ3v) is 2.81. The lowest BCUT2D eigenvalue weighted by Gasteiger charge is -2.10. The topological polar surface area (TPSA) is 24.9 Å². The smallest absolute Gasteiger partial charge is 0.380 e. The van der Waals surface area contributed by atoms with Crippen LogP contribution in [0.5, 0.6) is 0 Å². The lowest BCUT2D eigenvalue weighted by Crippen LogP contribution is -2.07. The summed E-state index contributed by atoms with van der Waals surface area (Å²) in [4.78, 5) is 3.83. The van der Waals surface area contributed by atoms with E-state index in [4.69, 9.17) is 11.6 Å². The Kier molecular flexibility index (Phi) is 3.95. The van der Waals surface area contributed by atoms with Gasteiger partial charge in [-0.25, -0.2) is 0 Å². The second-order valence-corrected chi connectivity index (χ2v) is 4.31. The Labute approximate surface area is 113 Å². The van der Waals surface area contributed by atoms with E-state index >= 15 is 0 Å². The van der Waals surface area contributed by atoms with Crippen LogP contribution in [-0.2, 0) is 12.7 Å². The zero-order chi connectivity index (χ0) is 13.9.